The number of rotatable bonds is 1. The highest BCUT2D eigenvalue weighted by Gasteiger charge is 2.25. The quantitative estimate of drug-likeness (QED) is 0.619. The summed E-state index contributed by atoms with van der Waals surface area (Å²) in [4.78, 5) is 0. The number of allylic oxidation sites excluding steroid dienone is 5. The van der Waals surface area contributed by atoms with E-state index in [1.54, 1.807) is 0 Å². The highest BCUT2D eigenvalue weighted by Crippen LogP contribution is 2.41. The molecule has 0 amide bonds. The first kappa shape index (κ1) is 15.6. The standard InChI is InChI=1S/C23H23N2/c1-15-7-9-21-17(11-15)12-18-14-20(25(2)3)8-10-22(18)23(21)16-5-4-6-19(24)13-16/h4-11,13-14H,12,24H2,1-3H3/q+1. The van der Waals surface area contributed by atoms with Gasteiger partial charge >= 0.3 is 0 Å². The monoisotopic (exact) mass is 327 g/mol. The predicted octanol–water partition coefficient (Wildman–Crippen LogP) is 4.14. The highest BCUT2D eigenvalue weighted by atomic mass is 14.9. The van der Waals surface area contributed by atoms with Crippen molar-refractivity contribution in [2.45, 2.75) is 13.3 Å². The molecule has 2 aliphatic rings. The summed E-state index contributed by atoms with van der Waals surface area (Å²) in [6.07, 6.45) is 7.74. The molecule has 2 aliphatic carbocycles. The number of hydrogen-bond donors (Lipinski definition) is 1. The van der Waals surface area contributed by atoms with Gasteiger partial charge in [-0.2, -0.15) is 0 Å². The minimum absolute atomic E-state index is 0.802. The molecular formula is C23H23N2+. The Bertz CT molecular complexity index is 997. The molecule has 2 aromatic rings. The smallest absolute Gasteiger partial charge is 0.199 e. The van der Waals surface area contributed by atoms with Crippen molar-refractivity contribution < 1.29 is 4.58 Å². The molecule has 2 N–H and O–H groups in total. The number of aryl methyl sites for hydroxylation is 1. The molecule has 4 rings (SSSR count). The Kier molecular flexibility index (Phi) is 3.69. The van der Waals surface area contributed by atoms with Crippen LogP contribution in [-0.2, 0) is 6.42 Å². The van der Waals surface area contributed by atoms with Gasteiger partial charge in [0.05, 0.1) is 0 Å². The van der Waals surface area contributed by atoms with E-state index in [-0.39, 0.29) is 0 Å². The first-order valence-corrected chi connectivity index (χ1v) is 8.66. The summed E-state index contributed by atoms with van der Waals surface area (Å²) < 4.78 is 2.16. The number of nitrogens with two attached hydrogens (primary N) is 1. The van der Waals surface area contributed by atoms with Gasteiger partial charge in [0.2, 0.25) is 0 Å². The normalized spacial score (nSPS) is 15.6. The van der Waals surface area contributed by atoms with Crippen LogP contribution in [0.25, 0.3) is 5.57 Å². The van der Waals surface area contributed by atoms with Gasteiger partial charge in [-0.05, 0) is 65.0 Å². The van der Waals surface area contributed by atoms with E-state index >= 15 is 0 Å². The molecule has 0 radical (unpaired) electrons. The SMILES string of the molecule is Cc1ccc2c(c1)CC1=CC(=[N+](C)C)C=CC1=C2c1cccc(N)c1. The Labute approximate surface area is 149 Å². The van der Waals surface area contributed by atoms with E-state index in [2.05, 4.69) is 74.2 Å². The largest absolute Gasteiger partial charge is 0.399 e. The summed E-state index contributed by atoms with van der Waals surface area (Å²) >= 11 is 0. The highest BCUT2D eigenvalue weighted by molar-refractivity contribution is 6.06. The second kappa shape index (κ2) is 5.89. The number of nitrogens with zero attached hydrogens (tertiary/aromatic N) is 1. The lowest BCUT2D eigenvalue weighted by Crippen LogP contribution is -2.16. The average Bonchev–Trinajstić information content (AvgIpc) is 2.58. The summed E-state index contributed by atoms with van der Waals surface area (Å²) in [6.45, 7) is 2.16. The molecule has 0 bridgehead atoms. The number of hydrogen-bond acceptors (Lipinski definition) is 1. The van der Waals surface area contributed by atoms with Crippen molar-refractivity contribution in [3.05, 3.63) is 94.1 Å². The van der Waals surface area contributed by atoms with Crippen LogP contribution in [0.1, 0.15) is 22.3 Å². The Morgan fingerprint density at radius 2 is 1.84 bits per heavy atom. The summed E-state index contributed by atoms with van der Waals surface area (Å²) in [6, 6.07) is 15.0. The maximum atomic E-state index is 6.07. The number of nitrogen functional groups attached to an aromatic ring is 1. The van der Waals surface area contributed by atoms with Crippen molar-refractivity contribution >= 4 is 17.0 Å². The Balaban J connectivity index is 2.01. The van der Waals surface area contributed by atoms with Crippen LogP contribution >= 0.6 is 0 Å². The molecule has 0 unspecified atom stereocenters. The van der Waals surface area contributed by atoms with Gasteiger partial charge in [-0.3, -0.25) is 0 Å². The minimum atomic E-state index is 0.802. The van der Waals surface area contributed by atoms with Crippen molar-refractivity contribution in [1.29, 1.82) is 0 Å². The Hall–Kier alpha value is -2.87. The van der Waals surface area contributed by atoms with Gasteiger partial charge in [-0.1, -0.05) is 35.9 Å². The zero-order valence-electron chi connectivity index (χ0n) is 15.0. The zero-order valence-corrected chi connectivity index (χ0v) is 15.0. The van der Waals surface area contributed by atoms with Gasteiger partial charge in [0.25, 0.3) is 0 Å². The van der Waals surface area contributed by atoms with E-state index in [1.165, 1.54) is 44.7 Å². The van der Waals surface area contributed by atoms with Crippen LogP contribution in [0.3, 0.4) is 0 Å². The van der Waals surface area contributed by atoms with Crippen LogP contribution in [0, 0.1) is 6.92 Å². The molecular weight excluding hydrogens is 304 g/mol. The minimum Gasteiger partial charge on any atom is -0.399 e. The second-order valence-corrected chi connectivity index (χ2v) is 7.07. The van der Waals surface area contributed by atoms with Crippen molar-refractivity contribution in [1.82, 2.24) is 0 Å². The zero-order chi connectivity index (χ0) is 17.6. The third-order valence-electron chi connectivity index (χ3n) is 4.96. The van der Waals surface area contributed by atoms with Crippen molar-refractivity contribution in [2.75, 3.05) is 19.8 Å². The van der Waals surface area contributed by atoms with Crippen LogP contribution < -0.4 is 5.73 Å². The first-order valence-electron chi connectivity index (χ1n) is 8.66. The van der Waals surface area contributed by atoms with E-state index < -0.39 is 0 Å². The van der Waals surface area contributed by atoms with Crippen molar-refractivity contribution in [2.24, 2.45) is 0 Å². The van der Waals surface area contributed by atoms with Gasteiger partial charge in [-0.15, -0.1) is 0 Å². The fourth-order valence-corrected chi connectivity index (χ4v) is 3.72. The lowest BCUT2D eigenvalue weighted by atomic mass is 9.77. The summed E-state index contributed by atoms with van der Waals surface area (Å²) in [5.41, 5.74) is 17.3. The van der Waals surface area contributed by atoms with Gasteiger partial charge in [0, 0.05) is 17.8 Å². The number of benzene rings is 2. The van der Waals surface area contributed by atoms with Crippen LogP contribution in [-0.4, -0.2) is 24.4 Å². The van der Waals surface area contributed by atoms with Gasteiger partial charge < -0.3 is 5.73 Å². The Morgan fingerprint density at radius 1 is 1.00 bits per heavy atom. The molecule has 2 aromatic carbocycles. The number of anilines is 1. The van der Waals surface area contributed by atoms with Crippen LogP contribution in [0.15, 0.2) is 71.8 Å². The molecule has 0 aromatic heterocycles. The van der Waals surface area contributed by atoms with E-state index in [0.29, 0.717) is 0 Å². The third-order valence-corrected chi connectivity index (χ3v) is 4.96. The molecule has 0 heterocycles. The Morgan fingerprint density at radius 3 is 2.60 bits per heavy atom. The maximum Gasteiger partial charge on any atom is 0.199 e. The van der Waals surface area contributed by atoms with E-state index in [1.807, 2.05) is 12.1 Å². The van der Waals surface area contributed by atoms with Crippen molar-refractivity contribution in [3.63, 3.8) is 0 Å². The molecule has 0 aliphatic heterocycles. The average molecular weight is 327 g/mol. The second-order valence-electron chi connectivity index (χ2n) is 7.07. The van der Waals surface area contributed by atoms with E-state index in [4.69, 9.17) is 5.73 Å². The summed E-state index contributed by atoms with van der Waals surface area (Å²) in [5, 5.41) is 0. The first-order chi connectivity index (χ1) is 12.0. The molecule has 0 atom stereocenters. The molecule has 0 saturated carbocycles. The van der Waals surface area contributed by atoms with Crippen LogP contribution in [0.4, 0.5) is 5.69 Å². The molecule has 0 saturated heterocycles. The number of fused-ring (bicyclic) bond motifs is 2. The lowest BCUT2D eigenvalue weighted by Gasteiger charge is -2.27. The van der Waals surface area contributed by atoms with Crippen molar-refractivity contribution in [3.8, 4) is 0 Å². The van der Waals surface area contributed by atoms with Gasteiger partial charge in [-0.25, -0.2) is 4.58 Å². The van der Waals surface area contributed by atoms with Crippen LogP contribution in [0.5, 0.6) is 0 Å². The van der Waals surface area contributed by atoms with Crippen LogP contribution in [0.2, 0.25) is 0 Å². The molecule has 0 spiro atoms. The maximum absolute atomic E-state index is 6.07. The molecule has 0 fully saturated rings. The van der Waals surface area contributed by atoms with E-state index in [0.717, 1.165) is 12.1 Å². The fourth-order valence-electron chi connectivity index (χ4n) is 3.72. The topological polar surface area (TPSA) is 29.0 Å². The molecule has 124 valence electrons. The molecule has 2 nitrogen and oxygen atoms in total. The van der Waals surface area contributed by atoms with Gasteiger partial charge in [0.1, 0.15) is 14.1 Å². The molecule has 25 heavy (non-hydrogen) atoms. The predicted molar refractivity (Wildman–Crippen MR) is 106 cm³/mol. The van der Waals surface area contributed by atoms with Gasteiger partial charge in [0.15, 0.2) is 5.71 Å². The lowest BCUT2D eigenvalue weighted by molar-refractivity contribution is -0.462. The summed E-state index contributed by atoms with van der Waals surface area (Å²) in [5.74, 6) is 0. The third kappa shape index (κ3) is 2.74. The van der Waals surface area contributed by atoms with E-state index in [9.17, 15) is 0 Å². The fraction of sp³-hybridized carbons (Fsp3) is 0.174. The summed E-state index contributed by atoms with van der Waals surface area (Å²) in [7, 11) is 4.18. The molecule has 2 heteroatoms.